The second kappa shape index (κ2) is 5.57. The van der Waals surface area contributed by atoms with Gasteiger partial charge in [0.2, 0.25) is 0 Å². The summed E-state index contributed by atoms with van der Waals surface area (Å²) in [5, 5.41) is 8.92. The molecule has 1 heterocycles. The second-order valence-electron chi connectivity index (χ2n) is 4.70. The summed E-state index contributed by atoms with van der Waals surface area (Å²) in [7, 11) is 2.03. The Morgan fingerprint density at radius 3 is 2.89 bits per heavy atom. The highest BCUT2D eigenvalue weighted by Crippen LogP contribution is 2.23. The van der Waals surface area contributed by atoms with Crippen molar-refractivity contribution in [3.63, 3.8) is 0 Å². The standard InChI is InChI=1S/C15H18N4/c1-11-8-12(9-16)4-5-13(11)14(10-17)15-18-6-3-7-19(15)2/h4-5,8,10H,3,6-7,17H2,1-2H3. The van der Waals surface area contributed by atoms with E-state index in [1.165, 1.54) is 0 Å². The summed E-state index contributed by atoms with van der Waals surface area (Å²) in [4.78, 5) is 6.70. The van der Waals surface area contributed by atoms with Gasteiger partial charge in [-0.15, -0.1) is 0 Å². The SMILES string of the molecule is Cc1cc(C#N)ccc1C(=CN)C1=NCCCN1C. The highest BCUT2D eigenvalue weighted by molar-refractivity contribution is 6.22. The Bertz CT molecular complexity index is 578. The minimum atomic E-state index is 0.663. The van der Waals surface area contributed by atoms with Crippen LogP contribution in [-0.2, 0) is 0 Å². The smallest absolute Gasteiger partial charge is 0.132 e. The summed E-state index contributed by atoms with van der Waals surface area (Å²) >= 11 is 0. The molecule has 1 aromatic carbocycles. The molecule has 4 heteroatoms. The van der Waals surface area contributed by atoms with E-state index in [0.29, 0.717) is 5.56 Å². The molecule has 0 aliphatic carbocycles. The van der Waals surface area contributed by atoms with Gasteiger partial charge in [0.1, 0.15) is 5.84 Å². The van der Waals surface area contributed by atoms with Crippen LogP contribution >= 0.6 is 0 Å². The number of hydrogen-bond acceptors (Lipinski definition) is 4. The van der Waals surface area contributed by atoms with Crippen molar-refractivity contribution >= 4 is 11.4 Å². The third kappa shape index (κ3) is 2.60. The fourth-order valence-corrected chi connectivity index (χ4v) is 2.33. The Morgan fingerprint density at radius 1 is 1.53 bits per heavy atom. The number of rotatable bonds is 2. The van der Waals surface area contributed by atoms with Crippen LogP contribution in [0.5, 0.6) is 0 Å². The van der Waals surface area contributed by atoms with Crippen LogP contribution in [0, 0.1) is 18.3 Å². The van der Waals surface area contributed by atoms with E-state index in [-0.39, 0.29) is 0 Å². The lowest BCUT2D eigenvalue weighted by atomic mass is 9.97. The lowest BCUT2D eigenvalue weighted by Gasteiger charge is -2.27. The lowest BCUT2D eigenvalue weighted by molar-refractivity contribution is 0.471. The number of benzene rings is 1. The summed E-state index contributed by atoms with van der Waals surface area (Å²) in [5.41, 5.74) is 9.48. The van der Waals surface area contributed by atoms with E-state index in [0.717, 1.165) is 42.0 Å². The van der Waals surface area contributed by atoms with Gasteiger partial charge in [-0.3, -0.25) is 4.99 Å². The molecule has 0 spiro atoms. The first-order valence-corrected chi connectivity index (χ1v) is 6.36. The largest absolute Gasteiger partial charge is 0.404 e. The molecule has 0 saturated carbocycles. The van der Waals surface area contributed by atoms with Gasteiger partial charge in [-0.25, -0.2) is 0 Å². The van der Waals surface area contributed by atoms with Gasteiger partial charge in [-0.2, -0.15) is 5.26 Å². The number of nitrogens with two attached hydrogens (primary N) is 1. The fraction of sp³-hybridized carbons (Fsp3) is 0.333. The minimum Gasteiger partial charge on any atom is -0.404 e. The molecule has 2 rings (SSSR count). The first kappa shape index (κ1) is 13.2. The van der Waals surface area contributed by atoms with Gasteiger partial charge < -0.3 is 10.6 Å². The first-order chi connectivity index (χ1) is 9.17. The van der Waals surface area contributed by atoms with Crippen molar-refractivity contribution in [3.8, 4) is 6.07 Å². The molecule has 0 fully saturated rings. The summed E-state index contributed by atoms with van der Waals surface area (Å²) in [5.74, 6) is 0.932. The number of aliphatic imine (C=N–C) groups is 1. The molecule has 0 radical (unpaired) electrons. The molecule has 2 N–H and O–H groups in total. The van der Waals surface area contributed by atoms with Gasteiger partial charge in [0, 0.05) is 31.9 Å². The predicted octanol–water partition coefficient (Wildman–Crippen LogP) is 1.90. The Morgan fingerprint density at radius 2 is 2.32 bits per heavy atom. The van der Waals surface area contributed by atoms with Gasteiger partial charge in [0.15, 0.2) is 0 Å². The monoisotopic (exact) mass is 254 g/mol. The molecule has 1 aromatic rings. The van der Waals surface area contributed by atoms with Crippen LogP contribution in [0.2, 0.25) is 0 Å². The second-order valence-corrected chi connectivity index (χ2v) is 4.70. The van der Waals surface area contributed by atoms with E-state index in [9.17, 15) is 0 Å². The van der Waals surface area contributed by atoms with Gasteiger partial charge in [-0.1, -0.05) is 6.07 Å². The van der Waals surface area contributed by atoms with Crippen LogP contribution in [0.4, 0.5) is 0 Å². The Labute approximate surface area is 113 Å². The highest BCUT2D eigenvalue weighted by Gasteiger charge is 2.18. The third-order valence-electron chi connectivity index (χ3n) is 3.33. The van der Waals surface area contributed by atoms with Crippen LogP contribution in [0.1, 0.15) is 23.1 Å². The van der Waals surface area contributed by atoms with Crippen molar-refractivity contribution in [3.05, 3.63) is 41.1 Å². The molecule has 0 bridgehead atoms. The quantitative estimate of drug-likeness (QED) is 0.876. The number of aryl methyl sites for hydroxylation is 1. The molecule has 0 amide bonds. The summed E-state index contributed by atoms with van der Waals surface area (Å²) in [6.45, 7) is 3.82. The number of likely N-dealkylation sites (N-methyl/N-ethyl adjacent to an activating group) is 1. The molecule has 0 saturated heterocycles. The van der Waals surface area contributed by atoms with Crippen molar-refractivity contribution in [2.45, 2.75) is 13.3 Å². The number of amidine groups is 1. The summed E-state index contributed by atoms with van der Waals surface area (Å²) in [6, 6.07) is 7.78. The van der Waals surface area contributed by atoms with Crippen molar-refractivity contribution in [1.29, 1.82) is 5.26 Å². The maximum absolute atomic E-state index is 8.92. The molecule has 0 aromatic heterocycles. The topological polar surface area (TPSA) is 65.4 Å². The fourth-order valence-electron chi connectivity index (χ4n) is 2.33. The first-order valence-electron chi connectivity index (χ1n) is 6.36. The Hall–Kier alpha value is -2.28. The molecular formula is C15H18N4. The number of hydrogen-bond donors (Lipinski definition) is 1. The van der Waals surface area contributed by atoms with Crippen LogP contribution in [0.3, 0.4) is 0 Å². The Kier molecular flexibility index (Phi) is 3.86. The molecule has 0 unspecified atom stereocenters. The molecule has 1 aliphatic rings. The average molecular weight is 254 g/mol. The molecule has 0 atom stereocenters. The number of nitriles is 1. The predicted molar refractivity (Wildman–Crippen MR) is 77.6 cm³/mol. The molecule has 1 aliphatic heterocycles. The third-order valence-corrected chi connectivity index (χ3v) is 3.33. The van der Waals surface area contributed by atoms with E-state index in [1.807, 2.05) is 32.2 Å². The summed E-state index contributed by atoms with van der Waals surface area (Å²) < 4.78 is 0. The maximum atomic E-state index is 8.92. The highest BCUT2D eigenvalue weighted by atomic mass is 15.2. The number of nitrogens with zero attached hydrogens (tertiary/aromatic N) is 3. The van der Waals surface area contributed by atoms with Gasteiger partial charge >= 0.3 is 0 Å². The average Bonchev–Trinajstić information content (AvgIpc) is 2.43. The van der Waals surface area contributed by atoms with Crippen LogP contribution in [-0.4, -0.2) is 30.9 Å². The van der Waals surface area contributed by atoms with E-state index >= 15 is 0 Å². The van der Waals surface area contributed by atoms with E-state index in [2.05, 4.69) is 16.0 Å². The Balaban J connectivity index is 2.44. The molecule has 4 nitrogen and oxygen atoms in total. The van der Waals surface area contributed by atoms with Crippen molar-refractivity contribution < 1.29 is 0 Å². The van der Waals surface area contributed by atoms with Crippen molar-refractivity contribution in [1.82, 2.24) is 4.90 Å². The van der Waals surface area contributed by atoms with Crippen LogP contribution < -0.4 is 5.73 Å². The van der Waals surface area contributed by atoms with Gasteiger partial charge in [-0.05, 0) is 36.6 Å². The van der Waals surface area contributed by atoms with E-state index in [4.69, 9.17) is 11.0 Å². The van der Waals surface area contributed by atoms with E-state index < -0.39 is 0 Å². The molecule has 98 valence electrons. The zero-order valence-corrected chi connectivity index (χ0v) is 11.3. The van der Waals surface area contributed by atoms with Crippen LogP contribution in [0.25, 0.3) is 5.57 Å². The zero-order valence-electron chi connectivity index (χ0n) is 11.3. The van der Waals surface area contributed by atoms with Crippen molar-refractivity contribution in [2.75, 3.05) is 20.1 Å². The normalized spacial score (nSPS) is 15.9. The van der Waals surface area contributed by atoms with Crippen LogP contribution in [0.15, 0.2) is 29.4 Å². The summed E-state index contributed by atoms with van der Waals surface area (Å²) in [6.07, 6.45) is 2.68. The minimum absolute atomic E-state index is 0.663. The van der Waals surface area contributed by atoms with E-state index in [1.54, 1.807) is 6.20 Å². The molecular weight excluding hydrogens is 236 g/mol. The van der Waals surface area contributed by atoms with Gasteiger partial charge in [0.25, 0.3) is 0 Å². The lowest BCUT2D eigenvalue weighted by Crippen LogP contribution is -2.33. The zero-order chi connectivity index (χ0) is 13.8. The van der Waals surface area contributed by atoms with Gasteiger partial charge in [0.05, 0.1) is 11.6 Å². The van der Waals surface area contributed by atoms with Crippen molar-refractivity contribution in [2.24, 2.45) is 10.7 Å². The molecule has 19 heavy (non-hydrogen) atoms. The maximum Gasteiger partial charge on any atom is 0.132 e.